The second-order valence-corrected chi connectivity index (χ2v) is 6.37. The minimum absolute atomic E-state index is 0.164. The molecule has 1 atom stereocenters. The molecule has 0 aliphatic heterocycles. The van der Waals surface area contributed by atoms with Gasteiger partial charge in [0, 0.05) is 27.5 Å². The van der Waals surface area contributed by atoms with Crippen molar-refractivity contribution in [2.45, 2.75) is 32.4 Å². The lowest BCUT2D eigenvalue weighted by molar-refractivity contribution is 0.489. The molecule has 0 amide bonds. The first kappa shape index (κ1) is 14.7. The Morgan fingerprint density at radius 3 is 2.84 bits per heavy atom. The van der Waals surface area contributed by atoms with Gasteiger partial charge >= 0.3 is 0 Å². The first-order valence-corrected chi connectivity index (χ1v) is 8.08. The monoisotopic (exact) mass is 341 g/mol. The topological polar surface area (TPSA) is 12.0 Å². The van der Waals surface area contributed by atoms with Crippen LogP contribution in [0, 0.1) is 5.82 Å². The molecule has 2 rings (SSSR count). The largest absolute Gasteiger partial charge is 0.305 e. The van der Waals surface area contributed by atoms with Crippen LogP contribution in [0.3, 0.4) is 0 Å². The van der Waals surface area contributed by atoms with E-state index in [1.54, 1.807) is 11.3 Å². The summed E-state index contributed by atoms with van der Waals surface area (Å²) in [6.07, 6.45) is 2.18. The molecule has 1 heterocycles. The van der Waals surface area contributed by atoms with Gasteiger partial charge in [-0.05, 0) is 30.0 Å². The van der Waals surface area contributed by atoms with Gasteiger partial charge in [-0.1, -0.05) is 41.4 Å². The summed E-state index contributed by atoms with van der Waals surface area (Å²) in [5, 5.41) is 5.54. The van der Waals surface area contributed by atoms with E-state index >= 15 is 0 Å². The summed E-state index contributed by atoms with van der Waals surface area (Å²) in [4.78, 5) is 1.32. The van der Waals surface area contributed by atoms with Crippen molar-refractivity contribution in [1.29, 1.82) is 0 Å². The summed E-state index contributed by atoms with van der Waals surface area (Å²) in [6, 6.07) is 9.72. The quantitative estimate of drug-likeness (QED) is 0.753. The van der Waals surface area contributed by atoms with Crippen LogP contribution in [0.2, 0.25) is 0 Å². The van der Waals surface area contributed by atoms with E-state index < -0.39 is 0 Å². The molecule has 2 aromatic rings. The zero-order valence-electron chi connectivity index (χ0n) is 10.8. The number of hydrogen-bond donors (Lipinski definition) is 1. The molecule has 1 N–H and O–H groups in total. The third kappa shape index (κ3) is 4.13. The van der Waals surface area contributed by atoms with Gasteiger partial charge in [-0.15, -0.1) is 11.3 Å². The molecule has 1 unspecified atom stereocenters. The zero-order chi connectivity index (χ0) is 13.7. The van der Waals surface area contributed by atoms with Crippen molar-refractivity contribution < 1.29 is 4.39 Å². The Labute approximate surface area is 126 Å². The van der Waals surface area contributed by atoms with Crippen molar-refractivity contribution in [2.24, 2.45) is 0 Å². The Balaban J connectivity index is 2.02. The number of halogens is 2. The van der Waals surface area contributed by atoms with E-state index in [2.05, 4.69) is 45.7 Å². The normalized spacial score (nSPS) is 12.6. The third-order valence-corrected chi connectivity index (χ3v) is 4.50. The molecule has 1 aromatic heterocycles. The Hall–Kier alpha value is -0.710. The highest BCUT2D eigenvalue weighted by molar-refractivity contribution is 9.10. The average molecular weight is 342 g/mol. The molecular formula is C15H17BrFNS. The molecule has 0 fully saturated rings. The smallest absolute Gasteiger partial charge is 0.128 e. The molecule has 1 nitrogen and oxygen atoms in total. The number of hydrogen-bond acceptors (Lipinski definition) is 2. The minimum Gasteiger partial charge on any atom is -0.305 e. The van der Waals surface area contributed by atoms with E-state index in [0.717, 1.165) is 17.3 Å². The van der Waals surface area contributed by atoms with Crippen molar-refractivity contribution in [3.63, 3.8) is 0 Å². The van der Waals surface area contributed by atoms with E-state index in [0.29, 0.717) is 18.2 Å². The molecule has 0 saturated heterocycles. The van der Waals surface area contributed by atoms with Crippen LogP contribution >= 0.6 is 27.3 Å². The van der Waals surface area contributed by atoms with Crippen molar-refractivity contribution in [2.75, 3.05) is 0 Å². The molecule has 0 spiro atoms. The maximum absolute atomic E-state index is 13.8. The molecule has 0 saturated carbocycles. The van der Waals surface area contributed by atoms with Gasteiger partial charge in [-0.3, -0.25) is 0 Å². The van der Waals surface area contributed by atoms with Crippen LogP contribution in [-0.4, -0.2) is 0 Å². The molecule has 0 aliphatic carbocycles. The molecule has 0 aliphatic rings. The SMILES string of the molecule is CCCC(NCc1ccc(Br)cc1F)c1cccs1. The van der Waals surface area contributed by atoms with Crippen LogP contribution < -0.4 is 5.32 Å². The number of thiophene rings is 1. The molecule has 4 heteroatoms. The van der Waals surface area contributed by atoms with Crippen LogP contribution in [0.4, 0.5) is 4.39 Å². The van der Waals surface area contributed by atoms with Gasteiger partial charge in [0.2, 0.25) is 0 Å². The highest BCUT2D eigenvalue weighted by Crippen LogP contribution is 2.24. The van der Waals surface area contributed by atoms with Gasteiger partial charge in [-0.2, -0.15) is 0 Å². The zero-order valence-corrected chi connectivity index (χ0v) is 13.2. The maximum Gasteiger partial charge on any atom is 0.128 e. The molecular weight excluding hydrogens is 325 g/mol. The lowest BCUT2D eigenvalue weighted by Crippen LogP contribution is -2.20. The van der Waals surface area contributed by atoms with Gasteiger partial charge in [0.25, 0.3) is 0 Å². The van der Waals surface area contributed by atoms with Crippen molar-refractivity contribution in [3.05, 3.63) is 56.4 Å². The van der Waals surface area contributed by atoms with E-state index in [4.69, 9.17) is 0 Å². The van der Waals surface area contributed by atoms with E-state index in [-0.39, 0.29) is 5.82 Å². The lowest BCUT2D eigenvalue weighted by Gasteiger charge is -2.17. The minimum atomic E-state index is -0.164. The van der Waals surface area contributed by atoms with Crippen LogP contribution in [0.5, 0.6) is 0 Å². The first-order valence-electron chi connectivity index (χ1n) is 6.41. The van der Waals surface area contributed by atoms with Gasteiger partial charge < -0.3 is 5.32 Å². The summed E-state index contributed by atoms with van der Waals surface area (Å²) in [6.45, 7) is 2.73. The Morgan fingerprint density at radius 2 is 2.21 bits per heavy atom. The van der Waals surface area contributed by atoms with Crippen LogP contribution in [0.15, 0.2) is 40.2 Å². The molecule has 1 aromatic carbocycles. The van der Waals surface area contributed by atoms with Crippen LogP contribution in [-0.2, 0) is 6.54 Å². The fourth-order valence-electron chi connectivity index (χ4n) is 2.02. The van der Waals surface area contributed by atoms with Crippen molar-refractivity contribution >= 4 is 27.3 Å². The summed E-state index contributed by atoms with van der Waals surface area (Å²) >= 11 is 5.02. The maximum atomic E-state index is 13.8. The van der Waals surface area contributed by atoms with Crippen molar-refractivity contribution in [1.82, 2.24) is 5.32 Å². The number of rotatable bonds is 6. The lowest BCUT2D eigenvalue weighted by atomic mass is 10.1. The first-order chi connectivity index (χ1) is 9.20. The summed E-state index contributed by atoms with van der Waals surface area (Å²) in [7, 11) is 0. The number of nitrogens with one attached hydrogen (secondary N) is 1. The summed E-state index contributed by atoms with van der Waals surface area (Å²) in [5.74, 6) is -0.164. The van der Waals surface area contributed by atoms with Gasteiger partial charge in [0.15, 0.2) is 0 Å². The van der Waals surface area contributed by atoms with Crippen molar-refractivity contribution in [3.8, 4) is 0 Å². The predicted octanol–water partition coefficient (Wildman–Crippen LogP) is 5.28. The highest BCUT2D eigenvalue weighted by atomic mass is 79.9. The molecule has 102 valence electrons. The Morgan fingerprint density at radius 1 is 1.37 bits per heavy atom. The molecule has 0 bridgehead atoms. The summed E-state index contributed by atoms with van der Waals surface area (Å²) in [5.41, 5.74) is 0.709. The van der Waals surface area contributed by atoms with Gasteiger partial charge in [-0.25, -0.2) is 4.39 Å². The van der Waals surface area contributed by atoms with Gasteiger partial charge in [0.1, 0.15) is 5.82 Å². The fraction of sp³-hybridized carbons (Fsp3) is 0.333. The highest BCUT2D eigenvalue weighted by Gasteiger charge is 2.12. The third-order valence-electron chi connectivity index (χ3n) is 3.02. The second kappa shape index (κ2) is 7.17. The predicted molar refractivity (Wildman–Crippen MR) is 82.9 cm³/mol. The fourth-order valence-corrected chi connectivity index (χ4v) is 3.19. The Bertz CT molecular complexity index is 513. The van der Waals surface area contributed by atoms with Crippen LogP contribution in [0.1, 0.15) is 36.2 Å². The standard InChI is InChI=1S/C15H17BrFNS/c1-2-4-14(15-5-3-8-19-15)18-10-11-6-7-12(16)9-13(11)17/h3,5-9,14,18H,2,4,10H2,1H3. The number of benzene rings is 1. The van der Waals surface area contributed by atoms with E-state index in [9.17, 15) is 4.39 Å². The Kier molecular flexibility index (Phi) is 5.55. The molecule has 0 radical (unpaired) electrons. The average Bonchev–Trinajstić information content (AvgIpc) is 2.90. The summed E-state index contributed by atoms with van der Waals surface area (Å²) < 4.78 is 14.5. The van der Waals surface area contributed by atoms with Gasteiger partial charge in [0.05, 0.1) is 0 Å². The van der Waals surface area contributed by atoms with E-state index in [1.807, 2.05) is 12.1 Å². The second-order valence-electron chi connectivity index (χ2n) is 4.47. The van der Waals surface area contributed by atoms with Crippen LogP contribution in [0.25, 0.3) is 0 Å². The van der Waals surface area contributed by atoms with E-state index in [1.165, 1.54) is 10.9 Å². The molecule has 19 heavy (non-hydrogen) atoms.